The maximum absolute atomic E-state index is 12.9. The molecule has 0 radical (unpaired) electrons. The molecule has 0 bridgehead atoms. The second-order valence-corrected chi connectivity index (χ2v) is 8.60. The summed E-state index contributed by atoms with van der Waals surface area (Å²) in [6.45, 7) is 6.23. The number of carbonyl (C=O) groups is 1. The topological polar surface area (TPSA) is 44.8 Å². The lowest BCUT2D eigenvalue weighted by atomic mass is 10.1. The van der Waals surface area contributed by atoms with Gasteiger partial charge in [-0.25, -0.2) is 0 Å². The van der Waals surface area contributed by atoms with E-state index in [9.17, 15) is 4.79 Å². The summed E-state index contributed by atoms with van der Waals surface area (Å²) in [7, 11) is 0. The van der Waals surface area contributed by atoms with Gasteiger partial charge in [-0.3, -0.25) is 9.69 Å². The molecule has 2 aliphatic heterocycles. The largest absolute Gasteiger partial charge is 0.372 e. The molecule has 0 saturated carbocycles. The summed E-state index contributed by atoms with van der Waals surface area (Å²) in [5.74, 6) is 0.0116. The third-order valence-electron chi connectivity index (χ3n) is 6.12. The Hall–Kier alpha value is -2.08. The molecule has 2 aromatic carbocycles. The molecule has 2 saturated heterocycles. The number of anilines is 2. The number of halogens is 1. The van der Waals surface area contributed by atoms with E-state index in [1.54, 1.807) is 0 Å². The van der Waals surface area contributed by atoms with E-state index < -0.39 is 0 Å². The summed E-state index contributed by atoms with van der Waals surface area (Å²) in [6, 6.07) is 15.7. The van der Waals surface area contributed by atoms with E-state index in [1.807, 2.05) is 43.3 Å². The monoisotopic (exact) mass is 427 g/mol. The molecule has 2 heterocycles. The molecule has 1 N–H and O–H groups in total. The molecule has 4 rings (SSSR count). The van der Waals surface area contributed by atoms with Crippen molar-refractivity contribution in [1.82, 2.24) is 4.90 Å². The van der Waals surface area contributed by atoms with Crippen molar-refractivity contribution < 1.29 is 9.53 Å². The van der Waals surface area contributed by atoms with Gasteiger partial charge in [-0.05, 0) is 68.1 Å². The van der Waals surface area contributed by atoms with Crippen molar-refractivity contribution in [3.8, 4) is 0 Å². The van der Waals surface area contributed by atoms with Gasteiger partial charge in [-0.1, -0.05) is 23.7 Å². The second kappa shape index (κ2) is 9.82. The van der Waals surface area contributed by atoms with Crippen LogP contribution in [0.5, 0.6) is 0 Å². The lowest BCUT2D eigenvalue weighted by molar-refractivity contribution is -0.124. The van der Waals surface area contributed by atoms with Crippen LogP contribution >= 0.6 is 11.6 Å². The van der Waals surface area contributed by atoms with Gasteiger partial charge in [-0.15, -0.1) is 0 Å². The summed E-state index contributed by atoms with van der Waals surface area (Å²) in [6.07, 6.45) is 3.79. The van der Waals surface area contributed by atoms with Crippen molar-refractivity contribution in [1.29, 1.82) is 0 Å². The molecule has 160 valence electrons. The van der Waals surface area contributed by atoms with Gasteiger partial charge in [0.25, 0.3) is 0 Å². The fraction of sp³-hybridized carbons (Fsp3) is 0.458. The average molecular weight is 428 g/mol. The number of benzene rings is 2. The zero-order valence-electron chi connectivity index (χ0n) is 17.5. The van der Waals surface area contributed by atoms with Crippen LogP contribution in [0.15, 0.2) is 48.5 Å². The van der Waals surface area contributed by atoms with Gasteiger partial charge in [-0.2, -0.15) is 0 Å². The molecule has 2 aromatic rings. The van der Waals surface area contributed by atoms with Crippen LogP contribution < -0.4 is 10.2 Å². The molecule has 1 amide bonds. The van der Waals surface area contributed by atoms with Crippen molar-refractivity contribution in [2.24, 2.45) is 0 Å². The molecule has 5 nitrogen and oxygen atoms in total. The first kappa shape index (κ1) is 21.2. The highest BCUT2D eigenvalue weighted by molar-refractivity contribution is 6.30. The van der Waals surface area contributed by atoms with Crippen molar-refractivity contribution >= 4 is 28.9 Å². The van der Waals surface area contributed by atoms with Crippen LogP contribution in [0.4, 0.5) is 11.4 Å². The number of piperidine rings is 1. The number of amides is 1. The number of nitrogens with zero attached hydrogens (tertiary/aromatic N) is 2. The van der Waals surface area contributed by atoms with Crippen LogP contribution in [-0.4, -0.2) is 49.6 Å². The summed E-state index contributed by atoms with van der Waals surface area (Å²) in [4.78, 5) is 17.5. The van der Waals surface area contributed by atoms with Crippen LogP contribution in [0.1, 0.15) is 37.9 Å². The van der Waals surface area contributed by atoms with Crippen molar-refractivity contribution in [2.75, 3.05) is 43.0 Å². The van der Waals surface area contributed by atoms with Gasteiger partial charge in [0.2, 0.25) is 5.91 Å². The molecular weight excluding hydrogens is 398 g/mol. The molecule has 2 atom stereocenters. The number of rotatable bonds is 5. The lowest BCUT2D eigenvalue weighted by Crippen LogP contribution is -2.48. The Morgan fingerprint density at radius 3 is 2.43 bits per heavy atom. The highest BCUT2D eigenvalue weighted by atomic mass is 35.5. The minimum atomic E-state index is -0.231. The van der Waals surface area contributed by atoms with E-state index in [1.165, 1.54) is 24.9 Å². The molecule has 2 fully saturated rings. The first-order valence-corrected chi connectivity index (χ1v) is 11.2. The predicted molar refractivity (Wildman–Crippen MR) is 122 cm³/mol. The summed E-state index contributed by atoms with van der Waals surface area (Å²) in [5, 5.41) is 3.79. The van der Waals surface area contributed by atoms with Crippen molar-refractivity contribution in [2.45, 2.75) is 38.3 Å². The third-order valence-corrected chi connectivity index (χ3v) is 6.37. The van der Waals surface area contributed by atoms with Crippen LogP contribution in [0, 0.1) is 0 Å². The van der Waals surface area contributed by atoms with E-state index in [2.05, 4.69) is 27.2 Å². The zero-order chi connectivity index (χ0) is 20.9. The summed E-state index contributed by atoms with van der Waals surface area (Å²) in [5.41, 5.74) is 3.17. The molecule has 30 heavy (non-hydrogen) atoms. The molecule has 2 aliphatic rings. The van der Waals surface area contributed by atoms with Gasteiger partial charge >= 0.3 is 0 Å². The van der Waals surface area contributed by atoms with Gasteiger partial charge in [0.15, 0.2) is 0 Å². The number of ether oxygens (including phenoxy) is 1. The Kier molecular flexibility index (Phi) is 6.93. The fourth-order valence-electron chi connectivity index (χ4n) is 4.22. The van der Waals surface area contributed by atoms with Crippen LogP contribution in [0.25, 0.3) is 0 Å². The van der Waals surface area contributed by atoms with E-state index in [0.29, 0.717) is 18.2 Å². The van der Waals surface area contributed by atoms with Crippen LogP contribution in [-0.2, 0) is 9.53 Å². The first-order chi connectivity index (χ1) is 14.6. The van der Waals surface area contributed by atoms with Gasteiger partial charge in [0.05, 0.1) is 18.8 Å². The molecule has 0 aliphatic carbocycles. The quantitative estimate of drug-likeness (QED) is 0.749. The Labute approximate surface area is 184 Å². The number of hydrogen-bond acceptors (Lipinski definition) is 4. The third kappa shape index (κ3) is 5.15. The van der Waals surface area contributed by atoms with Gasteiger partial charge < -0.3 is 15.0 Å². The number of carbonyl (C=O) groups excluding carboxylic acids is 1. The SMILES string of the molecule is C[C@@H](C(=O)Nc1ccc(N2CCCCC2)cc1)N1CCO[C@@H](c2ccc(Cl)cc2)C1. The zero-order valence-corrected chi connectivity index (χ0v) is 18.3. The highest BCUT2D eigenvalue weighted by Crippen LogP contribution is 2.26. The molecule has 6 heteroatoms. The maximum atomic E-state index is 12.9. The number of nitrogens with one attached hydrogen (secondary N) is 1. The summed E-state index contributed by atoms with van der Waals surface area (Å²) < 4.78 is 5.93. The Morgan fingerprint density at radius 2 is 1.73 bits per heavy atom. The van der Waals surface area contributed by atoms with Gasteiger partial charge in [0, 0.05) is 42.6 Å². The lowest BCUT2D eigenvalue weighted by Gasteiger charge is -2.36. The Morgan fingerprint density at radius 1 is 1.03 bits per heavy atom. The van der Waals surface area contributed by atoms with E-state index >= 15 is 0 Å². The van der Waals surface area contributed by atoms with Gasteiger partial charge in [0.1, 0.15) is 0 Å². The van der Waals surface area contributed by atoms with E-state index in [4.69, 9.17) is 16.3 Å². The average Bonchev–Trinajstić information content (AvgIpc) is 2.80. The van der Waals surface area contributed by atoms with Crippen molar-refractivity contribution in [3.05, 3.63) is 59.1 Å². The Balaban J connectivity index is 1.34. The minimum absolute atomic E-state index is 0.0116. The molecule has 0 unspecified atom stereocenters. The standard InChI is InChI=1S/C24H30ClN3O2/c1-18(28-15-16-30-23(17-28)19-5-7-20(25)8-6-19)24(29)26-21-9-11-22(12-10-21)27-13-3-2-4-14-27/h5-12,18,23H,2-4,13-17H2,1H3,(H,26,29)/t18-,23+/m0/s1. The number of hydrogen-bond donors (Lipinski definition) is 1. The van der Waals surface area contributed by atoms with E-state index in [-0.39, 0.29) is 18.1 Å². The Bertz CT molecular complexity index is 835. The molecular formula is C24H30ClN3O2. The smallest absolute Gasteiger partial charge is 0.241 e. The fourth-order valence-corrected chi connectivity index (χ4v) is 4.35. The molecule has 0 spiro atoms. The molecule has 0 aromatic heterocycles. The second-order valence-electron chi connectivity index (χ2n) is 8.17. The minimum Gasteiger partial charge on any atom is -0.372 e. The van der Waals surface area contributed by atoms with E-state index in [0.717, 1.165) is 30.9 Å². The van der Waals surface area contributed by atoms with Crippen LogP contribution in [0.2, 0.25) is 5.02 Å². The normalized spacial score (nSPS) is 21.3. The maximum Gasteiger partial charge on any atom is 0.241 e. The highest BCUT2D eigenvalue weighted by Gasteiger charge is 2.28. The summed E-state index contributed by atoms with van der Waals surface area (Å²) >= 11 is 6.00. The predicted octanol–water partition coefficient (Wildman–Crippen LogP) is 4.73. The number of morpholine rings is 1. The first-order valence-electron chi connectivity index (χ1n) is 10.9. The van der Waals surface area contributed by atoms with Crippen molar-refractivity contribution in [3.63, 3.8) is 0 Å². The van der Waals surface area contributed by atoms with Crippen LogP contribution in [0.3, 0.4) is 0 Å².